The first kappa shape index (κ1) is 18.8. The number of aryl methyl sites for hydroxylation is 3. The van der Waals surface area contributed by atoms with E-state index in [1.165, 1.54) is 72.4 Å². The van der Waals surface area contributed by atoms with Crippen molar-refractivity contribution in [3.05, 3.63) is 41.0 Å². The number of hydrogen-bond acceptors (Lipinski definition) is 1. The second kappa shape index (κ2) is 9.71. The zero-order valence-electron chi connectivity index (χ0n) is 16.1. The van der Waals surface area contributed by atoms with Crippen LogP contribution in [-0.2, 0) is 0 Å². The summed E-state index contributed by atoms with van der Waals surface area (Å²) in [6.07, 6.45) is 10.7. The summed E-state index contributed by atoms with van der Waals surface area (Å²) >= 11 is 0. The number of rotatable bonds is 10. The van der Waals surface area contributed by atoms with Crippen molar-refractivity contribution in [3.63, 3.8) is 0 Å². The number of ether oxygens (including phenoxy) is 1. The summed E-state index contributed by atoms with van der Waals surface area (Å²) < 4.78 is 6.19. The van der Waals surface area contributed by atoms with Crippen molar-refractivity contribution in [3.8, 4) is 5.75 Å². The van der Waals surface area contributed by atoms with Crippen LogP contribution in [0.2, 0.25) is 0 Å². The average Bonchev–Trinajstić information content (AvgIpc) is 2.58. The first-order valence-corrected chi connectivity index (χ1v) is 9.77. The van der Waals surface area contributed by atoms with E-state index in [0.717, 1.165) is 18.8 Å². The maximum Gasteiger partial charge on any atom is 0.130 e. The quantitative estimate of drug-likeness (QED) is 0.417. The molecular weight excluding hydrogens is 292 g/mol. The molecule has 0 fully saturated rings. The van der Waals surface area contributed by atoms with Gasteiger partial charge in [-0.25, -0.2) is 0 Å². The molecule has 0 aromatic heterocycles. The summed E-state index contributed by atoms with van der Waals surface area (Å²) in [6, 6.07) is 8.85. The number of fused-ring (bicyclic) bond motifs is 1. The van der Waals surface area contributed by atoms with Gasteiger partial charge in [-0.1, -0.05) is 76.1 Å². The summed E-state index contributed by atoms with van der Waals surface area (Å²) in [7, 11) is 0. The van der Waals surface area contributed by atoms with E-state index in [4.69, 9.17) is 4.74 Å². The van der Waals surface area contributed by atoms with E-state index in [1.807, 2.05) is 0 Å². The van der Waals surface area contributed by atoms with Gasteiger partial charge >= 0.3 is 0 Å². The molecule has 0 bridgehead atoms. The average molecular weight is 327 g/mol. The molecule has 0 aliphatic heterocycles. The van der Waals surface area contributed by atoms with Gasteiger partial charge in [-0.15, -0.1) is 0 Å². The summed E-state index contributed by atoms with van der Waals surface area (Å²) in [5.74, 6) is 1.08. The molecule has 0 unspecified atom stereocenters. The van der Waals surface area contributed by atoms with Crippen LogP contribution < -0.4 is 4.74 Å². The summed E-state index contributed by atoms with van der Waals surface area (Å²) in [6.45, 7) is 9.64. The van der Waals surface area contributed by atoms with Crippen LogP contribution in [0, 0.1) is 20.8 Å². The zero-order chi connectivity index (χ0) is 17.4. The Morgan fingerprint density at radius 2 is 1.25 bits per heavy atom. The van der Waals surface area contributed by atoms with Gasteiger partial charge in [-0.05, 0) is 49.3 Å². The van der Waals surface area contributed by atoms with Gasteiger partial charge in [0.2, 0.25) is 0 Å². The fraction of sp³-hybridized carbons (Fsp3) is 0.565. The molecule has 0 amide bonds. The van der Waals surface area contributed by atoms with E-state index in [2.05, 4.69) is 52.0 Å². The van der Waals surface area contributed by atoms with Crippen LogP contribution in [0.3, 0.4) is 0 Å². The monoisotopic (exact) mass is 326 g/mol. The molecule has 1 heteroatoms. The van der Waals surface area contributed by atoms with Crippen molar-refractivity contribution in [1.29, 1.82) is 0 Å². The van der Waals surface area contributed by atoms with Crippen molar-refractivity contribution < 1.29 is 4.74 Å². The van der Waals surface area contributed by atoms with Crippen LogP contribution in [0.25, 0.3) is 10.8 Å². The Kier molecular flexibility index (Phi) is 7.62. The highest BCUT2D eigenvalue weighted by Gasteiger charge is 2.09. The Morgan fingerprint density at radius 3 is 1.96 bits per heavy atom. The summed E-state index contributed by atoms with van der Waals surface area (Å²) in [5.41, 5.74) is 3.95. The highest BCUT2D eigenvalue weighted by Crippen LogP contribution is 2.32. The van der Waals surface area contributed by atoms with Crippen LogP contribution in [0.15, 0.2) is 24.3 Å². The minimum Gasteiger partial charge on any atom is -0.493 e. The molecule has 0 aliphatic rings. The number of unbranched alkanes of at least 4 members (excludes halogenated alkanes) is 7. The molecule has 0 saturated carbocycles. The number of benzene rings is 2. The van der Waals surface area contributed by atoms with E-state index in [9.17, 15) is 0 Å². The molecule has 0 radical (unpaired) electrons. The SMILES string of the molecule is CCCCCCCCCCOc1c(C)ccc2c(C)c(C)ccc12. The lowest BCUT2D eigenvalue weighted by Crippen LogP contribution is -2.00. The third-order valence-corrected chi connectivity index (χ3v) is 5.13. The van der Waals surface area contributed by atoms with Crippen molar-refractivity contribution in [2.24, 2.45) is 0 Å². The lowest BCUT2D eigenvalue weighted by Gasteiger charge is -2.14. The molecule has 24 heavy (non-hydrogen) atoms. The smallest absolute Gasteiger partial charge is 0.130 e. The Bertz CT molecular complexity index is 642. The van der Waals surface area contributed by atoms with Gasteiger partial charge in [-0.3, -0.25) is 0 Å². The van der Waals surface area contributed by atoms with Crippen LogP contribution in [0.1, 0.15) is 75.0 Å². The highest BCUT2D eigenvalue weighted by atomic mass is 16.5. The fourth-order valence-electron chi connectivity index (χ4n) is 3.35. The molecular formula is C23H34O. The lowest BCUT2D eigenvalue weighted by molar-refractivity contribution is 0.306. The molecule has 2 aromatic rings. The lowest BCUT2D eigenvalue weighted by atomic mass is 9.98. The first-order chi connectivity index (χ1) is 11.6. The molecule has 0 spiro atoms. The van der Waals surface area contributed by atoms with Gasteiger partial charge in [0, 0.05) is 5.39 Å². The van der Waals surface area contributed by atoms with Crippen molar-refractivity contribution in [2.75, 3.05) is 6.61 Å². The van der Waals surface area contributed by atoms with Gasteiger partial charge in [0.1, 0.15) is 5.75 Å². The molecule has 2 rings (SSSR count). The van der Waals surface area contributed by atoms with Gasteiger partial charge in [0.05, 0.1) is 6.61 Å². The van der Waals surface area contributed by atoms with Gasteiger partial charge in [-0.2, -0.15) is 0 Å². The maximum absolute atomic E-state index is 6.19. The van der Waals surface area contributed by atoms with Crippen LogP contribution in [0.5, 0.6) is 5.75 Å². The third kappa shape index (κ3) is 5.00. The maximum atomic E-state index is 6.19. The second-order valence-corrected chi connectivity index (χ2v) is 7.14. The topological polar surface area (TPSA) is 9.23 Å². The molecule has 0 aliphatic carbocycles. The van der Waals surface area contributed by atoms with E-state index >= 15 is 0 Å². The molecule has 0 N–H and O–H groups in total. The minimum absolute atomic E-state index is 0.835. The number of hydrogen-bond donors (Lipinski definition) is 0. The van der Waals surface area contributed by atoms with Crippen LogP contribution in [0.4, 0.5) is 0 Å². The molecule has 0 heterocycles. The molecule has 132 valence electrons. The normalized spacial score (nSPS) is 11.2. The van der Waals surface area contributed by atoms with Gasteiger partial charge in [0.15, 0.2) is 0 Å². The first-order valence-electron chi connectivity index (χ1n) is 9.77. The fourth-order valence-corrected chi connectivity index (χ4v) is 3.35. The Balaban J connectivity index is 1.85. The van der Waals surface area contributed by atoms with E-state index in [-0.39, 0.29) is 0 Å². The summed E-state index contributed by atoms with van der Waals surface area (Å²) in [5, 5.41) is 2.59. The Morgan fingerprint density at radius 1 is 0.667 bits per heavy atom. The van der Waals surface area contributed by atoms with E-state index in [1.54, 1.807) is 0 Å². The Hall–Kier alpha value is -1.50. The highest BCUT2D eigenvalue weighted by molar-refractivity contribution is 5.92. The van der Waals surface area contributed by atoms with Crippen molar-refractivity contribution in [1.82, 2.24) is 0 Å². The second-order valence-electron chi connectivity index (χ2n) is 7.14. The molecule has 0 saturated heterocycles. The van der Waals surface area contributed by atoms with E-state index < -0.39 is 0 Å². The summed E-state index contributed by atoms with van der Waals surface area (Å²) in [4.78, 5) is 0. The van der Waals surface area contributed by atoms with E-state index in [0.29, 0.717) is 0 Å². The molecule has 2 aromatic carbocycles. The largest absolute Gasteiger partial charge is 0.493 e. The van der Waals surface area contributed by atoms with Crippen LogP contribution in [-0.4, -0.2) is 6.61 Å². The predicted molar refractivity (Wildman–Crippen MR) is 106 cm³/mol. The molecule has 1 nitrogen and oxygen atoms in total. The minimum atomic E-state index is 0.835. The molecule has 0 atom stereocenters. The van der Waals surface area contributed by atoms with Gasteiger partial charge in [0.25, 0.3) is 0 Å². The van der Waals surface area contributed by atoms with Crippen LogP contribution >= 0.6 is 0 Å². The Labute approximate surface area is 148 Å². The van der Waals surface area contributed by atoms with Crippen molar-refractivity contribution >= 4 is 10.8 Å². The van der Waals surface area contributed by atoms with Crippen molar-refractivity contribution in [2.45, 2.75) is 79.1 Å². The third-order valence-electron chi connectivity index (χ3n) is 5.13. The zero-order valence-corrected chi connectivity index (χ0v) is 16.1. The standard InChI is InChI=1S/C23H34O/c1-5-6-7-8-9-10-11-12-17-24-23-19(3)14-15-21-20(4)18(2)13-16-22(21)23/h13-16H,5-12,17H2,1-4H3. The predicted octanol–water partition coefficient (Wildman–Crippen LogP) is 7.28. The van der Waals surface area contributed by atoms with Gasteiger partial charge < -0.3 is 4.74 Å².